The number of hydrogen-bond acceptors (Lipinski definition) is 5. The first-order valence-electron chi connectivity index (χ1n) is 16.0. The van der Waals surface area contributed by atoms with Crippen molar-refractivity contribution in [2.75, 3.05) is 9.80 Å². The van der Waals surface area contributed by atoms with Crippen LogP contribution in [0.4, 0.5) is 34.1 Å². The lowest BCUT2D eigenvalue weighted by Gasteiger charge is -2.29. The van der Waals surface area contributed by atoms with E-state index < -0.39 is 0 Å². The minimum Gasteiger partial charge on any atom is -0.454 e. The highest BCUT2D eigenvalue weighted by atomic mass is 16.3. The lowest BCUT2D eigenvalue weighted by molar-refractivity contribution is 0.620. The number of aromatic nitrogens is 1. The number of furan rings is 1. The molecule has 0 aliphatic rings. The summed E-state index contributed by atoms with van der Waals surface area (Å²) in [5.41, 5.74) is 9.75. The number of para-hydroxylation sites is 5. The number of benzene rings is 7. The van der Waals surface area contributed by atoms with Gasteiger partial charge in [-0.3, -0.25) is 0 Å². The molecular formula is C43H29N3O2. The number of oxazole rings is 1. The summed E-state index contributed by atoms with van der Waals surface area (Å²) in [5.74, 6) is 0.565. The number of fused-ring (bicyclic) bond motifs is 4. The van der Waals surface area contributed by atoms with Gasteiger partial charge in [0.2, 0.25) is 5.89 Å². The van der Waals surface area contributed by atoms with Crippen LogP contribution in [-0.4, -0.2) is 4.98 Å². The Morgan fingerprint density at radius 3 is 1.58 bits per heavy atom. The Balaban J connectivity index is 1.35. The second kappa shape index (κ2) is 11.6. The van der Waals surface area contributed by atoms with E-state index in [-0.39, 0.29) is 0 Å². The van der Waals surface area contributed by atoms with Gasteiger partial charge in [0.15, 0.2) is 11.2 Å². The first-order valence-corrected chi connectivity index (χ1v) is 16.0. The van der Waals surface area contributed by atoms with Crippen LogP contribution < -0.4 is 9.80 Å². The lowest BCUT2D eigenvalue weighted by atomic mass is 10.1. The smallest absolute Gasteiger partial charge is 0.227 e. The molecule has 0 aliphatic heterocycles. The third kappa shape index (κ3) is 4.77. The van der Waals surface area contributed by atoms with E-state index in [4.69, 9.17) is 13.8 Å². The molecule has 5 heteroatoms. The van der Waals surface area contributed by atoms with Crippen LogP contribution in [-0.2, 0) is 0 Å². The Kier molecular flexibility index (Phi) is 6.72. The second-order valence-corrected chi connectivity index (χ2v) is 11.6. The lowest BCUT2D eigenvalue weighted by Crippen LogP contribution is -2.13. The van der Waals surface area contributed by atoms with Crippen LogP contribution in [0.1, 0.15) is 0 Å². The van der Waals surface area contributed by atoms with Crippen molar-refractivity contribution >= 4 is 67.2 Å². The maximum atomic E-state index is 6.68. The Labute approximate surface area is 277 Å². The highest BCUT2D eigenvalue weighted by molar-refractivity contribution is 6.10. The van der Waals surface area contributed by atoms with Crippen molar-refractivity contribution in [3.63, 3.8) is 0 Å². The molecular weight excluding hydrogens is 590 g/mol. The van der Waals surface area contributed by atoms with Crippen LogP contribution in [0.2, 0.25) is 0 Å². The van der Waals surface area contributed by atoms with Gasteiger partial charge in [-0.1, -0.05) is 103 Å². The van der Waals surface area contributed by atoms with Crippen molar-refractivity contribution < 1.29 is 8.83 Å². The van der Waals surface area contributed by atoms with Crippen LogP contribution in [0.25, 0.3) is 44.5 Å². The fourth-order valence-corrected chi connectivity index (χ4v) is 6.49. The Morgan fingerprint density at radius 2 is 0.938 bits per heavy atom. The highest BCUT2D eigenvalue weighted by Crippen LogP contribution is 2.47. The molecule has 9 rings (SSSR count). The maximum absolute atomic E-state index is 6.68. The fraction of sp³-hybridized carbons (Fsp3) is 0. The van der Waals surface area contributed by atoms with Crippen molar-refractivity contribution in [2.45, 2.75) is 0 Å². The summed E-state index contributed by atoms with van der Waals surface area (Å²) >= 11 is 0. The third-order valence-electron chi connectivity index (χ3n) is 8.64. The molecule has 48 heavy (non-hydrogen) atoms. The summed E-state index contributed by atoms with van der Waals surface area (Å²) in [6, 6.07) is 60.0. The zero-order valence-electron chi connectivity index (χ0n) is 25.9. The molecule has 7 aromatic carbocycles. The van der Waals surface area contributed by atoms with Gasteiger partial charge in [0.25, 0.3) is 0 Å². The van der Waals surface area contributed by atoms with Gasteiger partial charge in [0, 0.05) is 33.4 Å². The van der Waals surface area contributed by atoms with E-state index in [1.807, 2.05) is 60.7 Å². The van der Waals surface area contributed by atoms with Gasteiger partial charge in [-0.05, 0) is 72.8 Å². The molecule has 2 heterocycles. The molecule has 228 valence electrons. The van der Waals surface area contributed by atoms with Crippen molar-refractivity contribution in [1.29, 1.82) is 0 Å². The molecule has 0 aliphatic carbocycles. The highest BCUT2D eigenvalue weighted by Gasteiger charge is 2.25. The molecule has 9 aromatic rings. The van der Waals surface area contributed by atoms with Crippen LogP contribution in [0.3, 0.4) is 0 Å². The van der Waals surface area contributed by atoms with E-state index in [1.54, 1.807) is 0 Å². The van der Waals surface area contributed by atoms with Crippen LogP contribution in [0.15, 0.2) is 185 Å². The molecule has 0 radical (unpaired) electrons. The molecule has 0 unspecified atom stereocenters. The van der Waals surface area contributed by atoms with Crippen LogP contribution in [0, 0.1) is 0 Å². The van der Waals surface area contributed by atoms with Gasteiger partial charge in [-0.15, -0.1) is 0 Å². The molecule has 0 spiro atoms. The Morgan fingerprint density at radius 1 is 0.396 bits per heavy atom. The van der Waals surface area contributed by atoms with E-state index in [9.17, 15) is 0 Å². The number of hydrogen-bond donors (Lipinski definition) is 0. The van der Waals surface area contributed by atoms with E-state index in [2.05, 4.69) is 125 Å². The summed E-state index contributed by atoms with van der Waals surface area (Å²) in [7, 11) is 0. The van der Waals surface area contributed by atoms with Crippen molar-refractivity contribution in [3.8, 4) is 11.5 Å². The quantitative estimate of drug-likeness (QED) is 0.178. The van der Waals surface area contributed by atoms with Gasteiger partial charge < -0.3 is 18.6 Å². The summed E-state index contributed by atoms with van der Waals surface area (Å²) in [4.78, 5) is 9.58. The topological polar surface area (TPSA) is 45.7 Å². The number of anilines is 6. The van der Waals surface area contributed by atoms with Crippen LogP contribution >= 0.6 is 0 Å². The van der Waals surface area contributed by atoms with Crippen molar-refractivity contribution in [2.24, 2.45) is 0 Å². The predicted octanol–water partition coefficient (Wildman–Crippen LogP) is 12.3. The summed E-state index contributed by atoms with van der Waals surface area (Å²) in [6.07, 6.45) is 0. The minimum absolute atomic E-state index is 0.565. The molecule has 0 atom stereocenters. The molecule has 0 bridgehead atoms. The summed E-state index contributed by atoms with van der Waals surface area (Å²) in [5, 5.41) is 2.15. The molecule has 0 amide bonds. The maximum Gasteiger partial charge on any atom is 0.227 e. The molecule has 2 aromatic heterocycles. The molecule has 0 saturated heterocycles. The van der Waals surface area contributed by atoms with Gasteiger partial charge >= 0.3 is 0 Å². The monoisotopic (exact) mass is 619 g/mol. The van der Waals surface area contributed by atoms with Crippen LogP contribution in [0.5, 0.6) is 0 Å². The zero-order chi connectivity index (χ0) is 31.9. The number of rotatable bonds is 7. The average molecular weight is 620 g/mol. The Hall–Kier alpha value is -6.59. The van der Waals surface area contributed by atoms with Gasteiger partial charge in [0.05, 0.1) is 17.1 Å². The summed E-state index contributed by atoms with van der Waals surface area (Å²) < 4.78 is 13.3. The standard InChI is InChI=1S/C43H29N3O2/c1-5-16-30(17-6-1)43-44-37-28-34(29-39(42(37)48-43)45(31-18-7-2-8-19-31)32-20-9-3-10-21-32)46(33-22-11-4-12-23-33)38-26-15-25-36-35-24-13-14-27-40(35)47-41(36)38/h1-29H. The first kappa shape index (κ1) is 27.7. The molecule has 0 saturated carbocycles. The second-order valence-electron chi connectivity index (χ2n) is 11.6. The average Bonchev–Trinajstić information content (AvgIpc) is 3.76. The molecule has 0 N–H and O–H groups in total. The van der Waals surface area contributed by atoms with E-state index in [0.717, 1.165) is 67.1 Å². The zero-order valence-corrected chi connectivity index (χ0v) is 25.9. The largest absolute Gasteiger partial charge is 0.454 e. The SMILES string of the molecule is c1ccc(-c2nc3cc(N(c4ccccc4)c4cccc5c4oc4ccccc45)cc(N(c4ccccc4)c4ccccc4)c3o2)cc1. The van der Waals surface area contributed by atoms with Crippen molar-refractivity contribution in [1.82, 2.24) is 4.98 Å². The third-order valence-corrected chi connectivity index (χ3v) is 8.64. The van der Waals surface area contributed by atoms with E-state index in [1.165, 1.54) is 0 Å². The minimum atomic E-state index is 0.565. The van der Waals surface area contributed by atoms with Gasteiger partial charge in [0.1, 0.15) is 11.1 Å². The first-order chi connectivity index (χ1) is 23.8. The fourth-order valence-electron chi connectivity index (χ4n) is 6.49. The Bertz CT molecular complexity index is 2470. The van der Waals surface area contributed by atoms with Gasteiger partial charge in [-0.25, -0.2) is 4.98 Å². The molecule has 0 fully saturated rings. The number of nitrogens with zero attached hydrogens (tertiary/aromatic N) is 3. The van der Waals surface area contributed by atoms with E-state index >= 15 is 0 Å². The normalized spacial score (nSPS) is 11.3. The van der Waals surface area contributed by atoms with Crippen molar-refractivity contribution in [3.05, 3.63) is 176 Å². The summed E-state index contributed by atoms with van der Waals surface area (Å²) in [6.45, 7) is 0. The predicted molar refractivity (Wildman–Crippen MR) is 196 cm³/mol. The van der Waals surface area contributed by atoms with Gasteiger partial charge in [-0.2, -0.15) is 0 Å². The molecule has 5 nitrogen and oxygen atoms in total. The van der Waals surface area contributed by atoms with E-state index in [0.29, 0.717) is 11.5 Å².